The van der Waals surface area contributed by atoms with E-state index < -0.39 is 28.7 Å². The van der Waals surface area contributed by atoms with Gasteiger partial charge in [0.2, 0.25) is 0 Å². The zero-order valence-electron chi connectivity index (χ0n) is 23.9. The quantitative estimate of drug-likeness (QED) is 0.303. The van der Waals surface area contributed by atoms with Crippen LogP contribution in [0.2, 0.25) is 0 Å². The van der Waals surface area contributed by atoms with Crippen molar-refractivity contribution in [2.45, 2.75) is 127 Å². The number of aldehydes is 1. The molecule has 0 aromatic rings. The smallest absolute Gasteiger partial charge is 0.331 e. The molecule has 222 valence electrons. The van der Waals surface area contributed by atoms with Gasteiger partial charge in [-0.05, 0) is 88.5 Å². The molecule has 0 bridgehead atoms. The number of carbonyl (C=O) groups is 2. The Morgan fingerprint density at radius 1 is 0.975 bits per heavy atom. The van der Waals surface area contributed by atoms with Gasteiger partial charge >= 0.3 is 5.97 Å². The largest absolute Gasteiger partial charge is 0.458 e. The number of esters is 1. The van der Waals surface area contributed by atoms with E-state index in [4.69, 9.17) is 23.7 Å². The van der Waals surface area contributed by atoms with Crippen molar-refractivity contribution >= 4 is 12.3 Å². The molecule has 0 amide bonds. The van der Waals surface area contributed by atoms with E-state index in [0.717, 1.165) is 31.1 Å². The van der Waals surface area contributed by atoms with Crippen molar-refractivity contribution in [2.24, 2.45) is 28.6 Å². The number of hydrogen-bond donors (Lipinski definition) is 2. The van der Waals surface area contributed by atoms with Crippen molar-refractivity contribution in [1.82, 2.24) is 0 Å². The second kappa shape index (κ2) is 9.07. The predicted molar refractivity (Wildman–Crippen MR) is 141 cm³/mol. The number of ether oxygens (including phenoxy) is 5. The van der Waals surface area contributed by atoms with Crippen molar-refractivity contribution in [3.05, 3.63) is 11.6 Å². The summed E-state index contributed by atoms with van der Waals surface area (Å²) in [5.74, 6) is -0.990. The fourth-order valence-electron chi connectivity index (χ4n) is 10.5. The summed E-state index contributed by atoms with van der Waals surface area (Å²) in [6.45, 7) is 6.70. The molecular weight excluding hydrogens is 516 g/mol. The van der Waals surface area contributed by atoms with Gasteiger partial charge in [-0.15, -0.1) is 0 Å². The Kier molecular flexibility index (Phi) is 6.23. The molecule has 7 rings (SSSR count). The average Bonchev–Trinajstić information content (AvgIpc) is 3.54. The molecule has 0 radical (unpaired) electrons. The van der Waals surface area contributed by atoms with Gasteiger partial charge < -0.3 is 38.7 Å². The van der Waals surface area contributed by atoms with E-state index in [9.17, 15) is 19.8 Å². The van der Waals surface area contributed by atoms with Gasteiger partial charge in [-0.2, -0.15) is 0 Å². The van der Waals surface area contributed by atoms with Crippen LogP contribution in [0.3, 0.4) is 0 Å². The molecule has 3 aliphatic heterocycles. The minimum Gasteiger partial charge on any atom is -0.458 e. The minimum absolute atomic E-state index is 0.0701. The molecule has 3 heterocycles. The molecule has 6 fully saturated rings. The standard InChI is InChI=1S/C31H44O9/c1-27(2)39-23-13-26(37-16-24(23)40-27)38-19-4-9-29(17-32)21-5-8-28(3)20(18-12-25(33)36-15-18)7-11-31(28,35)22(21)6-10-30(29,34)14-19/h12,17,19-24,26,34-35H,4-11,13-16H2,1-3H3/t19-,20+,21-,22+,23-,24+,26+,28+,29-,30-,31-/m0/s1. The molecule has 2 N–H and O–H groups in total. The fourth-order valence-corrected chi connectivity index (χ4v) is 10.5. The summed E-state index contributed by atoms with van der Waals surface area (Å²) in [4.78, 5) is 24.9. The minimum atomic E-state index is -1.18. The molecule has 11 atom stereocenters. The lowest BCUT2D eigenvalue weighted by Crippen LogP contribution is -2.69. The maximum Gasteiger partial charge on any atom is 0.331 e. The van der Waals surface area contributed by atoms with Gasteiger partial charge in [0.05, 0.1) is 35.4 Å². The Balaban J connectivity index is 1.08. The lowest BCUT2D eigenvalue weighted by atomic mass is 9.41. The van der Waals surface area contributed by atoms with Crippen LogP contribution in [0.1, 0.15) is 85.0 Å². The van der Waals surface area contributed by atoms with E-state index in [-0.39, 0.29) is 47.4 Å². The van der Waals surface area contributed by atoms with Crippen LogP contribution in [0.25, 0.3) is 0 Å². The highest BCUT2D eigenvalue weighted by Gasteiger charge is 2.71. The molecule has 0 aromatic heterocycles. The van der Waals surface area contributed by atoms with Crippen LogP contribution in [0.5, 0.6) is 0 Å². The number of carbonyl (C=O) groups excluding carboxylic acids is 2. The zero-order chi connectivity index (χ0) is 28.1. The third kappa shape index (κ3) is 3.80. The van der Waals surface area contributed by atoms with Gasteiger partial charge in [0.1, 0.15) is 19.0 Å². The summed E-state index contributed by atoms with van der Waals surface area (Å²) in [5, 5.41) is 24.6. The summed E-state index contributed by atoms with van der Waals surface area (Å²) in [5.41, 5.74) is -2.42. The van der Waals surface area contributed by atoms with E-state index in [0.29, 0.717) is 58.2 Å². The average molecular weight is 561 g/mol. The van der Waals surface area contributed by atoms with Crippen molar-refractivity contribution in [1.29, 1.82) is 0 Å². The molecule has 4 saturated carbocycles. The summed E-state index contributed by atoms with van der Waals surface area (Å²) in [7, 11) is 0. The van der Waals surface area contributed by atoms with Crippen LogP contribution in [0.15, 0.2) is 11.6 Å². The molecule has 9 heteroatoms. The van der Waals surface area contributed by atoms with Crippen LogP contribution in [0, 0.1) is 28.6 Å². The van der Waals surface area contributed by atoms with Crippen molar-refractivity contribution < 1.29 is 43.5 Å². The molecule has 0 spiro atoms. The molecule has 7 aliphatic rings. The third-order valence-electron chi connectivity index (χ3n) is 12.3. The SMILES string of the molecule is CC1(C)O[C@H]2C[C@@H](O[C@H]3CC[C@]4(C=O)[C@H]5CC[C@]6(C)[C@@H](C7=CC(=O)OC7)CC[C@]6(O)[C@@H]5CC[C@]4(O)C3)OC[C@H]2O1. The first-order valence-electron chi connectivity index (χ1n) is 15.3. The molecule has 2 saturated heterocycles. The molecular formula is C31H44O9. The highest BCUT2D eigenvalue weighted by Crippen LogP contribution is 2.70. The van der Waals surface area contributed by atoms with Crippen molar-refractivity contribution in [2.75, 3.05) is 13.2 Å². The lowest BCUT2D eigenvalue weighted by Gasteiger charge is -2.65. The van der Waals surface area contributed by atoms with Crippen molar-refractivity contribution in [3.63, 3.8) is 0 Å². The van der Waals surface area contributed by atoms with E-state index >= 15 is 0 Å². The summed E-state index contributed by atoms with van der Waals surface area (Å²) < 4.78 is 29.6. The highest BCUT2D eigenvalue weighted by molar-refractivity contribution is 5.85. The van der Waals surface area contributed by atoms with Gasteiger partial charge in [0.25, 0.3) is 0 Å². The lowest BCUT2D eigenvalue weighted by molar-refractivity contribution is -0.270. The van der Waals surface area contributed by atoms with Gasteiger partial charge in [-0.1, -0.05) is 6.92 Å². The second-order valence-corrected chi connectivity index (χ2v) is 14.5. The summed E-state index contributed by atoms with van der Waals surface area (Å²) in [6, 6.07) is 0. The van der Waals surface area contributed by atoms with Gasteiger partial charge in [0, 0.05) is 24.3 Å². The molecule has 9 nitrogen and oxygen atoms in total. The number of rotatable bonds is 4. The summed E-state index contributed by atoms with van der Waals surface area (Å²) >= 11 is 0. The van der Waals surface area contributed by atoms with Gasteiger partial charge in [-0.3, -0.25) is 0 Å². The Hall–Kier alpha value is -1.36. The fraction of sp³-hybridized carbons (Fsp3) is 0.871. The monoisotopic (exact) mass is 560 g/mol. The maximum absolute atomic E-state index is 13.0. The molecule has 4 aliphatic carbocycles. The first kappa shape index (κ1) is 27.5. The Morgan fingerprint density at radius 2 is 1.75 bits per heavy atom. The van der Waals surface area contributed by atoms with Crippen LogP contribution in [0.4, 0.5) is 0 Å². The summed E-state index contributed by atoms with van der Waals surface area (Å²) in [6.07, 6.45) is 8.08. The van der Waals surface area contributed by atoms with Gasteiger partial charge in [-0.25, -0.2) is 4.79 Å². The Labute approximate surface area is 235 Å². The van der Waals surface area contributed by atoms with Crippen LogP contribution in [-0.4, -0.2) is 77.3 Å². The van der Waals surface area contributed by atoms with Crippen LogP contribution in [-0.2, 0) is 33.3 Å². The predicted octanol–water partition coefficient (Wildman–Crippen LogP) is 3.19. The van der Waals surface area contributed by atoms with E-state index in [1.54, 1.807) is 6.08 Å². The molecule has 40 heavy (non-hydrogen) atoms. The van der Waals surface area contributed by atoms with E-state index in [1.807, 2.05) is 13.8 Å². The number of cyclic esters (lactones) is 1. The van der Waals surface area contributed by atoms with E-state index in [2.05, 4.69) is 6.92 Å². The Morgan fingerprint density at radius 3 is 2.50 bits per heavy atom. The topological polar surface area (TPSA) is 121 Å². The normalized spacial score (nSPS) is 53.1. The zero-order valence-corrected chi connectivity index (χ0v) is 23.9. The van der Waals surface area contributed by atoms with Crippen LogP contribution >= 0.6 is 0 Å². The van der Waals surface area contributed by atoms with Crippen LogP contribution < -0.4 is 0 Å². The number of fused-ring (bicyclic) bond motifs is 6. The highest BCUT2D eigenvalue weighted by atomic mass is 16.8. The van der Waals surface area contributed by atoms with E-state index in [1.165, 1.54) is 0 Å². The third-order valence-corrected chi connectivity index (χ3v) is 12.3. The maximum atomic E-state index is 13.0. The molecule has 0 aromatic carbocycles. The van der Waals surface area contributed by atoms with Gasteiger partial charge in [0.15, 0.2) is 12.1 Å². The van der Waals surface area contributed by atoms with Crippen molar-refractivity contribution in [3.8, 4) is 0 Å². The first-order chi connectivity index (χ1) is 18.9. The molecule has 0 unspecified atom stereocenters. The second-order valence-electron chi connectivity index (χ2n) is 14.5. The first-order valence-corrected chi connectivity index (χ1v) is 15.3. The Bertz CT molecular complexity index is 1100. The number of aliphatic hydroxyl groups is 2. The number of hydrogen-bond acceptors (Lipinski definition) is 9.